The first-order valence-corrected chi connectivity index (χ1v) is 6.32. The van der Waals surface area contributed by atoms with E-state index in [2.05, 4.69) is 0 Å². The van der Waals surface area contributed by atoms with Crippen LogP contribution in [0.3, 0.4) is 0 Å². The van der Waals surface area contributed by atoms with Crippen molar-refractivity contribution in [2.75, 3.05) is 0 Å². The van der Waals surface area contributed by atoms with Crippen LogP contribution in [-0.4, -0.2) is 5.11 Å². The van der Waals surface area contributed by atoms with Crippen LogP contribution in [0, 0.1) is 22.7 Å². The van der Waals surface area contributed by atoms with Crippen LogP contribution >= 0.6 is 0 Å². The number of benzene rings is 2. The van der Waals surface area contributed by atoms with Gasteiger partial charge in [-0.1, -0.05) is 6.07 Å². The van der Waals surface area contributed by atoms with Crippen LogP contribution in [0.25, 0.3) is 0 Å². The van der Waals surface area contributed by atoms with E-state index in [1.807, 2.05) is 6.07 Å². The van der Waals surface area contributed by atoms with Crippen LogP contribution in [0.5, 0.6) is 11.5 Å². The molecule has 2 aromatic carbocycles. The lowest BCUT2D eigenvalue weighted by atomic mass is 10.1. The third-order valence-corrected chi connectivity index (χ3v) is 2.99. The molecule has 0 saturated heterocycles. The van der Waals surface area contributed by atoms with Crippen LogP contribution in [0.15, 0.2) is 36.4 Å². The van der Waals surface area contributed by atoms with E-state index >= 15 is 0 Å². The van der Waals surface area contributed by atoms with E-state index in [1.54, 1.807) is 0 Å². The number of aliphatic hydroxyl groups excluding tert-OH is 1. The monoisotopic (exact) mass is 318 g/mol. The number of hydrogen-bond acceptors (Lipinski definition) is 4. The number of rotatable bonds is 3. The molecule has 2 rings (SSSR count). The number of aliphatic hydroxyl groups is 1. The highest BCUT2D eigenvalue weighted by molar-refractivity contribution is 5.49. The Balaban J connectivity index is 2.42. The molecule has 116 valence electrons. The molecule has 0 fully saturated rings. The van der Waals surface area contributed by atoms with E-state index in [0.29, 0.717) is 11.6 Å². The minimum atomic E-state index is -4.69. The van der Waals surface area contributed by atoms with E-state index in [-0.39, 0.29) is 23.7 Å². The van der Waals surface area contributed by atoms with Crippen molar-refractivity contribution in [1.82, 2.24) is 0 Å². The summed E-state index contributed by atoms with van der Waals surface area (Å²) in [7, 11) is 0. The molecule has 1 N–H and O–H groups in total. The van der Waals surface area contributed by atoms with Crippen molar-refractivity contribution in [2.45, 2.75) is 12.8 Å². The Kier molecular flexibility index (Phi) is 4.54. The van der Waals surface area contributed by atoms with Gasteiger partial charge in [-0.05, 0) is 35.9 Å². The van der Waals surface area contributed by atoms with E-state index in [4.69, 9.17) is 20.4 Å². The van der Waals surface area contributed by atoms with Gasteiger partial charge in [0.05, 0.1) is 29.4 Å². The van der Waals surface area contributed by atoms with Crippen molar-refractivity contribution in [3.05, 3.63) is 58.7 Å². The number of hydrogen-bond donors (Lipinski definition) is 1. The normalized spacial score (nSPS) is 10.7. The Hall–Kier alpha value is -3.03. The predicted molar refractivity (Wildman–Crippen MR) is 73.3 cm³/mol. The summed E-state index contributed by atoms with van der Waals surface area (Å²) in [4.78, 5) is 0. The summed E-state index contributed by atoms with van der Waals surface area (Å²) < 4.78 is 44.1. The van der Waals surface area contributed by atoms with Crippen LogP contribution in [0.1, 0.15) is 22.3 Å². The van der Waals surface area contributed by atoms with Gasteiger partial charge < -0.3 is 9.84 Å². The van der Waals surface area contributed by atoms with Gasteiger partial charge in [0.1, 0.15) is 17.6 Å². The largest absolute Gasteiger partial charge is 0.456 e. The second kappa shape index (κ2) is 6.39. The summed E-state index contributed by atoms with van der Waals surface area (Å²) in [6, 6.07) is 10.5. The average molecular weight is 318 g/mol. The van der Waals surface area contributed by atoms with Crippen LogP contribution < -0.4 is 4.74 Å². The topological polar surface area (TPSA) is 77.0 Å². The summed E-state index contributed by atoms with van der Waals surface area (Å²) in [6.07, 6.45) is -4.69. The Bertz CT molecular complexity index is 818. The average Bonchev–Trinajstić information content (AvgIpc) is 2.54. The van der Waals surface area contributed by atoms with E-state index in [9.17, 15) is 13.2 Å². The van der Waals surface area contributed by atoms with Crippen molar-refractivity contribution in [2.24, 2.45) is 0 Å². The molecule has 2 aromatic rings. The van der Waals surface area contributed by atoms with Gasteiger partial charge in [-0.2, -0.15) is 23.7 Å². The zero-order chi connectivity index (χ0) is 17.0. The summed E-state index contributed by atoms with van der Waals surface area (Å²) in [5, 5.41) is 26.8. The second-order valence-corrected chi connectivity index (χ2v) is 4.52. The summed E-state index contributed by atoms with van der Waals surface area (Å²) in [5.74, 6) is -0.0906. The van der Waals surface area contributed by atoms with Gasteiger partial charge in [-0.15, -0.1) is 0 Å². The number of nitrogens with zero attached hydrogens (tertiary/aromatic N) is 2. The predicted octanol–water partition coefficient (Wildman–Crippen LogP) is 3.73. The minimum absolute atomic E-state index is 0.0579. The first-order valence-electron chi connectivity index (χ1n) is 6.32. The maximum absolute atomic E-state index is 12.9. The highest BCUT2D eigenvalue weighted by atomic mass is 19.4. The maximum Gasteiger partial charge on any atom is 0.417 e. The Labute approximate surface area is 129 Å². The Morgan fingerprint density at radius 2 is 1.70 bits per heavy atom. The molecule has 0 atom stereocenters. The second-order valence-electron chi connectivity index (χ2n) is 4.52. The third-order valence-electron chi connectivity index (χ3n) is 2.99. The van der Waals surface area contributed by atoms with Gasteiger partial charge in [0.25, 0.3) is 0 Å². The smallest absolute Gasteiger partial charge is 0.417 e. The highest BCUT2D eigenvalue weighted by Gasteiger charge is 2.34. The molecule has 0 amide bonds. The van der Waals surface area contributed by atoms with Gasteiger partial charge in [0, 0.05) is 0 Å². The molecular weight excluding hydrogens is 309 g/mol. The molecular formula is C16H9F3N2O2. The molecule has 0 aliphatic carbocycles. The zero-order valence-electron chi connectivity index (χ0n) is 11.6. The number of ether oxygens (including phenoxy) is 1. The molecule has 7 heteroatoms. The third kappa shape index (κ3) is 3.60. The van der Waals surface area contributed by atoms with Crippen molar-refractivity contribution in [3.8, 4) is 23.6 Å². The fraction of sp³-hybridized carbons (Fsp3) is 0.125. The quantitative estimate of drug-likeness (QED) is 0.935. The number of nitriles is 2. The molecule has 0 aromatic heterocycles. The molecule has 0 radical (unpaired) electrons. The molecule has 0 unspecified atom stereocenters. The molecule has 0 aliphatic heterocycles. The van der Waals surface area contributed by atoms with Gasteiger partial charge in [-0.25, -0.2) is 0 Å². The molecule has 4 nitrogen and oxygen atoms in total. The molecule has 23 heavy (non-hydrogen) atoms. The van der Waals surface area contributed by atoms with Crippen molar-refractivity contribution < 1.29 is 23.0 Å². The summed E-state index contributed by atoms with van der Waals surface area (Å²) in [5.41, 5.74) is -1.07. The fourth-order valence-corrected chi connectivity index (χ4v) is 1.90. The molecule has 0 saturated carbocycles. The SMILES string of the molecule is N#Cc1cc(CO)ccc1Oc1ccc(C#N)c(C(F)(F)F)c1. The van der Waals surface area contributed by atoms with Crippen molar-refractivity contribution in [3.63, 3.8) is 0 Å². The Morgan fingerprint density at radius 1 is 1.00 bits per heavy atom. The standard InChI is InChI=1S/C16H9F3N2O2/c17-16(18,19)14-6-13(3-2-11(14)7-20)23-15-4-1-10(9-22)5-12(15)8-21/h1-6,22H,9H2. The van der Waals surface area contributed by atoms with Gasteiger partial charge in [0.15, 0.2) is 0 Å². The lowest BCUT2D eigenvalue weighted by Gasteiger charge is -2.12. The first kappa shape index (κ1) is 16.3. The molecule has 0 aliphatic rings. The van der Waals surface area contributed by atoms with Crippen molar-refractivity contribution in [1.29, 1.82) is 10.5 Å². The molecule has 0 heterocycles. The van der Waals surface area contributed by atoms with Crippen LogP contribution in [0.4, 0.5) is 13.2 Å². The fourth-order valence-electron chi connectivity index (χ4n) is 1.90. The molecule has 0 spiro atoms. The summed E-state index contributed by atoms with van der Waals surface area (Å²) >= 11 is 0. The number of halogens is 3. The van der Waals surface area contributed by atoms with E-state index in [0.717, 1.165) is 6.07 Å². The summed E-state index contributed by atoms with van der Waals surface area (Å²) in [6.45, 7) is -0.274. The van der Waals surface area contributed by atoms with E-state index in [1.165, 1.54) is 30.3 Å². The van der Waals surface area contributed by atoms with E-state index < -0.39 is 17.3 Å². The van der Waals surface area contributed by atoms with Crippen molar-refractivity contribution >= 4 is 0 Å². The van der Waals surface area contributed by atoms with Gasteiger partial charge >= 0.3 is 6.18 Å². The maximum atomic E-state index is 12.9. The first-order chi connectivity index (χ1) is 10.9. The number of alkyl halides is 3. The zero-order valence-corrected chi connectivity index (χ0v) is 11.6. The lowest BCUT2D eigenvalue weighted by Crippen LogP contribution is -2.08. The van der Waals surface area contributed by atoms with Crippen LogP contribution in [0.2, 0.25) is 0 Å². The minimum Gasteiger partial charge on any atom is -0.456 e. The lowest BCUT2D eigenvalue weighted by molar-refractivity contribution is -0.137. The van der Waals surface area contributed by atoms with Crippen LogP contribution in [-0.2, 0) is 12.8 Å². The van der Waals surface area contributed by atoms with Gasteiger partial charge in [0.2, 0.25) is 0 Å². The highest BCUT2D eigenvalue weighted by Crippen LogP contribution is 2.35. The Morgan fingerprint density at radius 3 is 2.26 bits per heavy atom. The van der Waals surface area contributed by atoms with Gasteiger partial charge in [-0.3, -0.25) is 0 Å². The molecule has 0 bridgehead atoms.